The molecule has 6 heteroatoms. The zero-order chi connectivity index (χ0) is 20.2. The van der Waals surface area contributed by atoms with Crippen molar-refractivity contribution >= 4 is 22.2 Å². The van der Waals surface area contributed by atoms with Crippen molar-refractivity contribution in [1.82, 2.24) is 5.32 Å². The molecular weight excluding hydrogens is 358 g/mol. The summed E-state index contributed by atoms with van der Waals surface area (Å²) in [5.41, 5.74) is 1.72. The molecule has 1 heterocycles. The van der Waals surface area contributed by atoms with E-state index >= 15 is 0 Å². The van der Waals surface area contributed by atoms with E-state index in [9.17, 15) is 15.2 Å². The number of carbonyl (C=O) groups excluding carboxylic acids is 1. The molecule has 0 bridgehead atoms. The summed E-state index contributed by atoms with van der Waals surface area (Å²) in [6, 6.07) is 2.63. The molecule has 150 valence electrons. The molecule has 1 amide bonds. The molecule has 27 heavy (non-hydrogen) atoms. The van der Waals surface area contributed by atoms with E-state index in [2.05, 4.69) is 37.5 Å². The molecule has 0 saturated heterocycles. The van der Waals surface area contributed by atoms with Gasteiger partial charge in [-0.2, -0.15) is 5.26 Å². The summed E-state index contributed by atoms with van der Waals surface area (Å²) >= 11 is 1.54. The van der Waals surface area contributed by atoms with E-state index in [-0.39, 0.29) is 35.9 Å². The van der Waals surface area contributed by atoms with Gasteiger partial charge in [-0.05, 0) is 43.1 Å². The molecule has 1 aliphatic rings. The molecular formula is C21H33N3O2S. The highest BCUT2D eigenvalue weighted by Crippen LogP contribution is 2.38. The number of hydrogen-bond acceptors (Lipinski definition) is 5. The van der Waals surface area contributed by atoms with Crippen LogP contribution in [0.5, 0.6) is 0 Å². The van der Waals surface area contributed by atoms with Crippen LogP contribution in [-0.2, 0) is 17.6 Å². The van der Waals surface area contributed by atoms with Gasteiger partial charge in [-0.25, -0.2) is 0 Å². The van der Waals surface area contributed by atoms with Gasteiger partial charge in [-0.1, -0.05) is 34.6 Å². The first-order valence-electron chi connectivity index (χ1n) is 9.97. The molecule has 3 N–H and O–H groups in total. The van der Waals surface area contributed by atoms with Crippen LogP contribution in [0.25, 0.3) is 0 Å². The molecule has 0 aliphatic heterocycles. The molecule has 0 fully saturated rings. The van der Waals surface area contributed by atoms with Crippen molar-refractivity contribution in [3.05, 3.63) is 16.0 Å². The predicted molar refractivity (Wildman–Crippen MR) is 111 cm³/mol. The summed E-state index contributed by atoms with van der Waals surface area (Å²) in [6.07, 6.45) is 4.20. The number of fused-ring (bicyclic) bond motifs is 1. The van der Waals surface area contributed by atoms with Crippen molar-refractivity contribution in [1.29, 1.82) is 5.26 Å². The maximum absolute atomic E-state index is 12.5. The minimum atomic E-state index is -0.0171. The Bertz CT molecular complexity index is 696. The van der Waals surface area contributed by atoms with E-state index in [4.69, 9.17) is 0 Å². The SMILES string of the molecule is CCC(CC)C(=O)Nc1sc2c(c1C#N)CCC(NC(CO)C(C)(C)C)C2. The van der Waals surface area contributed by atoms with Crippen molar-refractivity contribution < 1.29 is 9.90 Å². The monoisotopic (exact) mass is 391 g/mol. The number of nitrogens with zero attached hydrogens (tertiary/aromatic N) is 1. The summed E-state index contributed by atoms with van der Waals surface area (Å²) in [5.74, 6) is 0.0000307. The number of nitrogens with one attached hydrogen (secondary N) is 2. The van der Waals surface area contributed by atoms with Gasteiger partial charge in [0.2, 0.25) is 5.91 Å². The molecule has 0 saturated carbocycles. The van der Waals surface area contributed by atoms with Gasteiger partial charge in [-0.3, -0.25) is 4.79 Å². The molecule has 0 spiro atoms. The Balaban J connectivity index is 2.16. The van der Waals surface area contributed by atoms with Gasteiger partial charge in [-0.15, -0.1) is 11.3 Å². The van der Waals surface area contributed by atoms with E-state index in [1.54, 1.807) is 11.3 Å². The van der Waals surface area contributed by atoms with Gasteiger partial charge in [0.1, 0.15) is 11.1 Å². The molecule has 5 nitrogen and oxygen atoms in total. The lowest BCUT2D eigenvalue weighted by molar-refractivity contribution is -0.120. The maximum atomic E-state index is 12.5. The Morgan fingerprint density at radius 2 is 2.04 bits per heavy atom. The Morgan fingerprint density at radius 1 is 1.37 bits per heavy atom. The largest absolute Gasteiger partial charge is 0.395 e. The fourth-order valence-electron chi connectivity index (χ4n) is 3.67. The molecule has 2 unspecified atom stereocenters. The van der Waals surface area contributed by atoms with Crippen molar-refractivity contribution in [2.75, 3.05) is 11.9 Å². The van der Waals surface area contributed by atoms with Crippen LogP contribution in [0.3, 0.4) is 0 Å². The number of aliphatic hydroxyl groups excluding tert-OH is 1. The van der Waals surface area contributed by atoms with E-state index < -0.39 is 0 Å². The van der Waals surface area contributed by atoms with Crippen LogP contribution in [0.1, 0.15) is 69.9 Å². The zero-order valence-corrected chi connectivity index (χ0v) is 18.0. The second-order valence-corrected chi connectivity index (χ2v) is 9.64. The van der Waals surface area contributed by atoms with E-state index in [1.165, 1.54) is 4.88 Å². The zero-order valence-electron chi connectivity index (χ0n) is 17.2. The normalized spacial score (nSPS) is 18.1. The Morgan fingerprint density at radius 3 is 2.56 bits per heavy atom. The lowest BCUT2D eigenvalue weighted by Gasteiger charge is -2.35. The van der Waals surface area contributed by atoms with Crippen LogP contribution in [0.15, 0.2) is 0 Å². The van der Waals surface area contributed by atoms with Gasteiger partial charge in [0.05, 0.1) is 12.2 Å². The topological polar surface area (TPSA) is 85.2 Å². The first-order valence-corrected chi connectivity index (χ1v) is 10.8. The molecule has 2 rings (SSSR count). The second-order valence-electron chi connectivity index (χ2n) is 8.53. The average Bonchev–Trinajstić information content (AvgIpc) is 2.95. The third-order valence-corrected chi connectivity index (χ3v) is 6.80. The number of anilines is 1. The minimum Gasteiger partial charge on any atom is -0.395 e. The van der Waals surface area contributed by atoms with Gasteiger partial charge < -0.3 is 15.7 Å². The van der Waals surface area contributed by atoms with Gasteiger partial charge in [0.25, 0.3) is 0 Å². The van der Waals surface area contributed by atoms with Crippen LogP contribution in [0.2, 0.25) is 0 Å². The predicted octanol–water partition coefficient (Wildman–Crippen LogP) is 3.85. The standard InChI is InChI=1S/C21H33N3O2S/c1-6-13(7-2)19(26)24-20-16(11-22)15-9-8-14(10-17(15)27-20)23-18(12-25)21(3,4)5/h13-14,18,23,25H,6-10,12H2,1-5H3,(H,24,26). The summed E-state index contributed by atoms with van der Waals surface area (Å²) in [6.45, 7) is 10.5. The lowest BCUT2D eigenvalue weighted by atomic mass is 9.85. The molecule has 0 aromatic carbocycles. The third-order valence-electron chi connectivity index (χ3n) is 5.64. The van der Waals surface area contributed by atoms with Crippen LogP contribution in [0, 0.1) is 22.7 Å². The van der Waals surface area contributed by atoms with Gasteiger partial charge >= 0.3 is 0 Å². The maximum Gasteiger partial charge on any atom is 0.228 e. The minimum absolute atomic E-state index is 0.0119. The fourth-order valence-corrected chi connectivity index (χ4v) is 4.95. The smallest absolute Gasteiger partial charge is 0.228 e. The van der Waals surface area contributed by atoms with Crippen LogP contribution in [-0.4, -0.2) is 29.7 Å². The summed E-state index contributed by atoms with van der Waals surface area (Å²) in [5, 5.41) is 26.7. The van der Waals surface area contributed by atoms with E-state index in [0.717, 1.165) is 37.7 Å². The quantitative estimate of drug-likeness (QED) is 0.659. The van der Waals surface area contributed by atoms with Crippen LogP contribution >= 0.6 is 11.3 Å². The summed E-state index contributed by atoms with van der Waals surface area (Å²) in [7, 11) is 0. The number of thiophene rings is 1. The summed E-state index contributed by atoms with van der Waals surface area (Å²) in [4.78, 5) is 13.6. The molecule has 2 atom stereocenters. The number of hydrogen-bond donors (Lipinski definition) is 3. The molecule has 0 radical (unpaired) electrons. The molecule has 1 aromatic rings. The molecule has 1 aliphatic carbocycles. The highest BCUT2D eigenvalue weighted by Gasteiger charge is 2.31. The lowest BCUT2D eigenvalue weighted by Crippen LogP contribution is -2.49. The summed E-state index contributed by atoms with van der Waals surface area (Å²) < 4.78 is 0. The number of carbonyl (C=O) groups is 1. The van der Waals surface area contributed by atoms with Crippen molar-refractivity contribution in [3.63, 3.8) is 0 Å². The number of rotatable bonds is 7. The fraction of sp³-hybridized carbons (Fsp3) is 0.714. The van der Waals surface area contributed by atoms with Gasteiger partial charge in [0.15, 0.2) is 0 Å². The first kappa shape index (κ1) is 21.9. The first-order chi connectivity index (χ1) is 12.7. The van der Waals surface area contributed by atoms with Gasteiger partial charge in [0, 0.05) is 22.9 Å². The number of amides is 1. The van der Waals surface area contributed by atoms with Crippen LogP contribution in [0.4, 0.5) is 5.00 Å². The third kappa shape index (κ3) is 5.10. The molecule has 1 aromatic heterocycles. The van der Waals surface area contributed by atoms with Crippen molar-refractivity contribution in [3.8, 4) is 6.07 Å². The van der Waals surface area contributed by atoms with Crippen molar-refractivity contribution in [2.24, 2.45) is 11.3 Å². The highest BCUT2D eigenvalue weighted by atomic mass is 32.1. The van der Waals surface area contributed by atoms with E-state index in [1.807, 2.05) is 13.8 Å². The Labute approximate surface area is 167 Å². The van der Waals surface area contributed by atoms with E-state index in [0.29, 0.717) is 10.6 Å². The second kappa shape index (κ2) is 9.18. The number of nitriles is 1. The Kier molecular flexibility index (Phi) is 7.44. The highest BCUT2D eigenvalue weighted by molar-refractivity contribution is 7.16. The van der Waals surface area contributed by atoms with Crippen LogP contribution < -0.4 is 10.6 Å². The van der Waals surface area contributed by atoms with Crippen molar-refractivity contribution in [2.45, 2.75) is 78.8 Å². The number of aliphatic hydroxyl groups is 1. The average molecular weight is 392 g/mol. The Hall–Kier alpha value is -1.42.